The zero-order valence-electron chi connectivity index (χ0n) is 15.5. The number of aromatic nitrogens is 2. The molecule has 1 amide bonds. The maximum absolute atomic E-state index is 12.7. The molecule has 28 heavy (non-hydrogen) atoms. The molecule has 146 valence electrons. The van der Waals surface area contributed by atoms with Crippen LogP contribution in [0.3, 0.4) is 0 Å². The van der Waals surface area contributed by atoms with E-state index in [2.05, 4.69) is 20.2 Å². The van der Waals surface area contributed by atoms with Crippen molar-refractivity contribution in [3.05, 3.63) is 64.7 Å². The molecule has 7 nitrogen and oxygen atoms in total. The Labute approximate surface area is 167 Å². The van der Waals surface area contributed by atoms with Gasteiger partial charge in [0.1, 0.15) is 5.01 Å². The number of anilines is 2. The molecule has 0 spiro atoms. The molecule has 1 aromatic heterocycles. The number of hydrogen-bond donors (Lipinski definition) is 2. The van der Waals surface area contributed by atoms with Gasteiger partial charge < -0.3 is 0 Å². The lowest BCUT2D eigenvalue weighted by atomic mass is 10.2. The normalized spacial score (nSPS) is 11.2. The predicted octanol–water partition coefficient (Wildman–Crippen LogP) is 3.85. The number of carbonyl (C=O) groups excluding carboxylic acids is 1. The minimum absolute atomic E-state index is 0.00518. The number of nitrogens with one attached hydrogen (secondary N) is 2. The number of carbonyl (C=O) groups is 1. The summed E-state index contributed by atoms with van der Waals surface area (Å²) in [4.78, 5) is 12.5. The Morgan fingerprint density at radius 2 is 1.89 bits per heavy atom. The van der Waals surface area contributed by atoms with Crippen molar-refractivity contribution < 1.29 is 13.2 Å². The van der Waals surface area contributed by atoms with E-state index in [1.807, 2.05) is 19.9 Å². The molecular weight excluding hydrogens is 396 g/mol. The Bertz CT molecular complexity index is 1090. The SMILES string of the molecule is CCCc1nnc(NC(=O)c2cccc(S(=O)(=O)Nc3cccc(C)c3)c2)s1. The highest BCUT2D eigenvalue weighted by Gasteiger charge is 2.17. The zero-order valence-corrected chi connectivity index (χ0v) is 17.1. The molecule has 0 fully saturated rings. The first-order valence-corrected chi connectivity index (χ1v) is 11.0. The van der Waals surface area contributed by atoms with Crippen LogP contribution in [-0.4, -0.2) is 24.5 Å². The van der Waals surface area contributed by atoms with Gasteiger partial charge in [-0.2, -0.15) is 0 Å². The topological polar surface area (TPSA) is 101 Å². The lowest BCUT2D eigenvalue weighted by Gasteiger charge is -2.10. The van der Waals surface area contributed by atoms with Gasteiger partial charge in [0.2, 0.25) is 5.13 Å². The molecule has 3 rings (SSSR count). The molecule has 0 saturated carbocycles. The van der Waals surface area contributed by atoms with Crippen LogP contribution in [0, 0.1) is 6.92 Å². The molecule has 0 aliphatic heterocycles. The van der Waals surface area contributed by atoms with Crippen LogP contribution in [0.2, 0.25) is 0 Å². The third-order valence-electron chi connectivity index (χ3n) is 3.83. The smallest absolute Gasteiger partial charge is 0.261 e. The summed E-state index contributed by atoms with van der Waals surface area (Å²) in [6.45, 7) is 3.92. The zero-order chi connectivity index (χ0) is 20.1. The Kier molecular flexibility index (Phi) is 6.05. The van der Waals surface area contributed by atoms with Crippen LogP contribution in [0.1, 0.15) is 34.3 Å². The van der Waals surface area contributed by atoms with Crippen LogP contribution in [0.15, 0.2) is 53.4 Å². The van der Waals surface area contributed by atoms with Gasteiger partial charge in [-0.05, 0) is 49.2 Å². The summed E-state index contributed by atoms with van der Waals surface area (Å²) in [5.41, 5.74) is 1.62. The molecule has 0 atom stereocenters. The minimum atomic E-state index is -3.82. The van der Waals surface area contributed by atoms with Gasteiger partial charge in [0.05, 0.1) is 4.90 Å². The maximum Gasteiger partial charge on any atom is 0.261 e. The van der Waals surface area contributed by atoms with Crippen LogP contribution in [0.5, 0.6) is 0 Å². The van der Waals surface area contributed by atoms with Gasteiger partial charge in [-0.3, -0.25) is 14.8 Å². The number of amides is 1. The van der Waals surface area contributed by atoms with Crippen molar-refractivity contribution in [2.75, 3.05) is 10.0 Å². The predicted molar refractivity (Wildman–Crippen MR) is 110 cm³/mol. The molecule has 0 unspecified atom stereocenters. The van der Waals surface area contributed by atoms with E-state index < -0.39 is 15.9 Å². The van der Waals surface area contributed by atoms with Crippen LogP contribution >= 0.6 is 11.3 Å². The first kappa shape index (κ1) is 20.0. The summed E-state index contributed by atoms with van der Waals surface area (Å²) < 4.78 is 27.8. The second-order valence-corrected chi connectivity index (χ2v) is 8.95. The third kappa shape index (κ3) is 4.93. The summed E-state index contributed by atoms with van der Waals surface area (Å²) in [6.07, 6.45) is 1.74. The minimum Gasteiger partial charge on any atom is -0.296 e. The van der Waals surface area contributed by atoms with E-state index in [-0.39, 0.29) is 10.5 Å². The quantitative estimate of drug-likeness (QED) is 0.609. The first-order chi connectivity index (χ1) is 13.4. The lowest BCUT2D eigenvalue weighted by molar-refractivity contribution is 0.102. The Balaban J connectivity index is 1.77. The standard InChI is InChI=1S/C19H20N4O3S2/c1-3-6-17-21-22-19(27-17)20-18(24)14-8-5-10-16(12-14)28(25,26)23-15-9-4-7-13(2)11-15/h4-5,7-12,23H,3,6H2,1-2H3,(H,20,22,24). The Morgan fingerprint density at radius 3 is 2.64 bits per heavy atom. The van der Waals surface area contributed by atoms with Crippen LogP contribution in [0.4, 0.5) is 10.8 Å². The van der Waals surface area contributed by atoms with E-state index in [4.69, 9.17) is 0 Å². The van der Waals surface area contributed by atoms with Crippen molar-refractivity contribution in [2.45, 2.75) is 31.6 Å². The van der Waals surface area contributed by atoms with E-state index in [1.165, 1.54) is 29.5 Å². The molecule has 9 heteroatoms. The number of rotatable bonds is 7. The van der Waals surface area contributed by atoms with Crippen molar-refractivity contribution in [1.29, 1.82) is 0 Å². The van der Waals surface area contributed by atoms with Crippen molar-refractivity contribution >= 4 is 38.1 Å². The van der Waals surface area contributed by atoms with Gasteiger partial charge in [0.25, 0.3) is 15.9 Å². The van der Waals surface area contributed by atoms with Gasteiger partial charge in [0, 0.05) is 17.7 Å². The molecular formula is C19H20N4O3S2. The molecule has 0 bridgehead atoms. The number of sulfonamides is 1. The van der Waals surface area contributed by atoms with E-state index in [9.17, 15) is 13.2 Å². The fourth-order valence-corrected chi connectivity index (χ4v) is 4.45. The summed E-state index contributed by atoms with van der Waals surface area (Å²) in [5.74, 6) is -0.438. The third-order valence-corrected chi connectivity index (χ3v) is 6.11. The van der Waals surface area contributed by atoms with Gasteiger partial charge in [-0.25, -0.2) is 8.42 Å². The molecule has 0 radical (unpaired) electrons. The van der Waals surface area contributed by atoms with Crippen molar-refractivity contribution in [3.63, 3.8) is 0 Å². The van der Waals surface area contributed by atoms with E-state index in [0.717, 1.165) is 23.4 Å². The molecule has 1 heterocycles. The number of nitrogens with zero attached hydrogens (tertiary/aromatic N) is 2. The van der Waals surface area contributed by atoms with E-state index in [1.54, 1.807) is 24.3 Å². The molecule has 2 N–H and O–H groups in total. The molecule has 3 aromatic rings. The van der Waals surface area contributed by atoms with Gasteiger partial charge >= 0.3 is 0 Å². The molecule has 0 saturated heterocycles. The van der Waals surface area contributed by atoms with E-state index in [0.29, 0.717) is 10.8 Å². The summed E-state index contributed by atoms with van der Waals surface area (Å²) in [5, 5.41) is 11.8. The Hall–Kier alpha value is -2.78. The van der Waals surface area contributed by atoms with Gasteiger partial charge in [-0.15, -0.1) is 10.2 Å². The number of hydrogen-bond acceptors (Lipinski definition) is 6. The van der Waals surface area contributed by atoms with Crippen LogP contribution < -0.4 is 10.0 Å². The van der Waals surface area contributed by atoms with Crippen molar-refractivity contribution in [1.82, 2.24) is 10.2 Å². The molecule has 2 aromatic carbocycles. The van der Waals surface area contributed by atoms with Crippen LogP contribution in [0.25, 0.3) is 0 Å². The van der Waals surface area contributed by atoms with Gasteiger partial charge in [0.15, 0.2) is 0 Å². The summed E-state index contributed by atoms with van der Waals surface area (Å²) >= 11 is 1.31. The lowest BCUT2D eigenvalue weighted by Crippen LogP contribution is -2.16. The van der Waals surface area contributed by atoms with Crippen LogP contribution in [-0.2, 0) is 16.4 Å². The highest BCUT2D eigenvalue weighted by atomic mass is 32.2. The monoisotopic (exact) mass is 416 g/mol. The largest absolute Gasteiger partial charge is 0.296 e. The Morgan fingerprint density at radius 1 is 1.11 bits per heavy atom. The highest BCUT2D eigenvalue weighted by molar-refractivity contribution is 7.92. The maximum atomic E-state index is 12.7. The second kappa shape index (κ2) is 8.49. The molecule has 0 aliphatic rings. The highest BCUT2D eigenvalue weighted by Crippen LogP contribution is 2.20. The molecule has 0 aliphatic carbocycles. The first-order valence-electron chi connectivity index (χ1n) is 8.70. The summed E-state index contributed by atoms with van der Waals surface area (Å²) in [6, 6.07) is 12.9. The second-order valence-electron chi connectivity index (χ2n) is 6.21. The van der Waals surface area contributed by atoms with Gasteiger partial charge in [-0.1, -0.05) is 36.5 Å². The number of benzene rings is 2. The average Bonchev–Trinajstić information content (AvgIpc) is 3.09. The van der Waals surface area contributed by atoms with Crippen molar-refractivity contribution in [3.8, 4) is 0 Å². The number of aryl methyl sites for hydroxylation is 2. The average molecular weight is 417 g/mol. The fourth-order valence-electron chi connectivity index (χ4n) is 2.52. The summed E-state index contributed by atoms with van der Waals surface area (Å²) in [7, 11) is -3.82. The van der Waals surface area contributed by atoms with E-state index >= 15 is 0 Å². The van der Waals surface area contributed by atoms with Crippen molar-refractivity contribution in [2.24, 2.45) is 0 Å². The fraction of sp³-hybridized carbons (Fsp3) is 0.211.